The Morgan fingerprint density at radius 3 is 2.00 bits per heavy atom. The molecule has 0 fully saturated rings. The van der Waals surface area contributed by atoms with Crippen LogP contribution in [-0.4, -0.2) is 7.85 Å². The van der Waals surface area contributed by atoms with Gasteiger partial charge in [0.05, 0.1) is 0 Å². The fourth-order valence-electron chi connectivity index (χ4n) is 4.59. The van der Waals surface area contributed by atoms with Crippen LogP contribution >= 0.6 is 0 Å². The second-order valence-corrected chi connectivity index (χ2v) is 7.50. The molecule has 0 saturated carbocycles. The van der Waals surface area contributed by atoms with E-state index in [2.05, 4.69) is 98.8 Å². The lowest BCUT2D eigenvalue weighted by Gasteiger charge is -2.11. The Bertz CT molecular complexity index is 1350. The molecule has 0 atom stereocenters. The lowest BCUT2D eigenvalue weighted by Crippen LogP contribution is -1.99. The second-order valence-electron chi connectivity index (χ2n) is 7.50. The average molecular weight is 340 g/mol. The van der Waals surface area contributed by atoms with E-state index in [1.54, 1.807) is 0 Å². The van der Waals surface area contributed by atoms with Crippen molar-refractivity contribution in [3.05, 3.63) is 91.0 Å². The SMILES string of the molecule is Bc1ccc2cc(-c3ccc4c5c(cccc35)-c3ccccc3-4)ccc2c1. The Morgan fingerprint density at radius 1 is 0.481 bits per heavy atom. The van der Waals surface area contributed by atoms with Crippen LogP contribution in [0.4, 0.5) is 0 Å². The minimum Gasteiger partial charge on any atom is -0.0883 e. The van der Waals surface area contributed by atoms with Crippen molar-refractivity contribution in [2.75, 3.05) is 0 Å². The first-order chi connectivity index (χ1) is 13.3. The molecule has 0 radical (unpaired) electrons. The number of hydrogen-bond acceptors (Lipinski definition) is 0. The molecule has 0 aliphatic heterocycles. The highest BCUT2D eigenvalue weighted by molar-refractivity contribution is 6.33. The molecule has 5 aromatic rings. The molecule has 1 aliphatic carbocycles. The van der Waals surface area contributed by atoms with Crippen LogP contribution in [0.5, 0.6) is 0 Å². The first-order valence-corrected chi connectivity index (χ1v) is 9.46. The van der Waals surface area contributed by atoms with Crippen LogP contribution in [0.1, 0.15) is 0 Å². The van der Waals surface area contributed by atoms with E-state index in [4.69, 9.17) is 0 Å². The molecule has 0 amide bonds. The number of rotatable bonds is 1. The highest BCUT2D eigenvalue weighted by atomic mass is 14.2. The maximum Gasteiger partial charge on any atom is 0.139 e. The van der Waals surface area contributed by atoms with Crippen LogP contribution < -0.4 is 5.46 Å². The Morgan fingerprint density at radius 2 is 1.15 bits per heavy atom. The molecule has 1 heteroatoms. The van der Waals surface area contributed by atoms with Crippen molar-refractivity contribution in [1.82, 2.24) is 0 Å². The molecular formula is C26H17B. The Labute approximate surface area is 159 Å². The molecule has 6 rings (SSSR count). The summed E-state index contributed by atoms with van der Waals surface area (Å²) in [4.78, 5) is 0. The molecule has 5 aromatic carbocycles. The predicted molar refractivity (Wildman–Crippen MR) is 119 cm³/mol. The average Bonchev–Trinajstić information content (AvgIpc) is 3.04. The first kappa shape index (κ1) is 14.8. The van der Waals surface area contributed by atoms with Crippen molar-refractivity contribution in [3.8, 4) is 33.4 Å². The zero-order valence-corrected chi connectivity index (χ0v) is 15.2. The van der Waals surface area contributed by atoms with E-state index in [-0.39, 0.29) is 0 Å². The molecule has 0 nitrogen and oxygen atoms in total. The summed E-state index contributed by atoms with van der Waals surface area (Å²) < 4.78 is 0. The summed E-state index contributed by atoms with van der Waals surface area (Å²) in [5.41, 5.74) is 9.32. The fourth-order valence-corrected chi connectivity index (χ4v) is 4.59. The fraction of sp³-hybridized carbons (Fsp3) is 0. The van der Waals surface area contributed by atoms with Crippen molar-refractivity contribution in [2.45, 2.75) is 0 Å². The van der Waals surface area contributed by atoms with E-state index in [0.717, 1.165) is 0 Å². The van der Waals surface area contributed by atoms with Gasteiger partial charge in [0.1, 0.15) is 7.85 Å². The topological polar surface area (TPSA) is 0 Å². The van der Waals surface area contributed by atoms with Crippen LogP contribution in [-0.2, 0) is 0 Å². The lowest BCUT2D eigenvalue weighted by atomic mass is 9.90. The first-order valence-electron chi connectivity index (χ1n) is 9.46. The minimum atomic E-state index is 1.28. The Hall–Kier alpha value is -3.32. The van der Waals surface area contributed by atoms with E-state index in [1.165, 1.54) is 60.4 Å². The van der Waals surface area contributed by atoms with Gasteiger partial charge in [-0.3, -0.25) is 0 Å². The van der Waals surface area contributed by atoms with Gasteiger partial charge in [0.2, 0.25) is 0 Å². The molecule has 0 bridgehead atoms. The number of hydrogen-bond donors (Lipinski definition) is 0. The van der Waals surface area contributed by atoms with Crippen molar-refractivity contribution in [1.29, 1.82) is 0 Å². The van der Waals surface area contributed by atoms with Crippen molar-refractivity contribution in [3.63, 3.8) is 0 Å². The van der Waals surface area contributed by atoms with Gasteiger partial charge in [0.25, 0.3) is 0 Å². The summed E-state index contributed by atoms with van der Waals surface area (Å²) in [5.74, 6) is 0. The van der Waals surface area contributed by atoms with Crippen LogP contribution in [0.25, 0.3) is 54.9 Å². The molecule has 0 spiro atoms. The van der Waals surface area contributed by atoms with Crippen molar-refractivity contribution in [2.24, 2.45) is 0 Å². The second kappa shape index (κ2) is 5.34. The molecule has 124 valence electrons. The van der Waals surface area contributed by atoms with Gasteiger partial charge in [-0.15, -0.1) is 0 Å². The van der Waals surface area contributed by atoms with E-state index in [9.17, 15) is 0 Å². The summed E-state index contributed by atoms with van der Waals surface area (Å²) in [6.07, 6.45) is 0. The van der Waals surface area contributed by atoms with Gasteiger partial charge in [-0.05, 0) is 61.0 Å². The van der Waals surface area contributed by atoms with Crippen LogP contribution in [0.3, 0.4) is 0 Å². The maximum atomic E-state index is 2.32. The van der Waals surface area contributed by atoms with Gasteiger partial charge >= 0.3 is 0 Å². The third-order valence-corrected chi connectivity index (χ3v) is 5.85. The van der Waals surface area contributed by atoms with Gasteiger partial charge in [0, 0.05) is 0 Å². The number of benzene rings is 5. The van der Waals surface area contributed by atoms with E-state index >= 15 is 0 Å². The molecule has 0 aromatic heterocycles. The maximum absolute atomic E-state index is 2.32. The van der Waals surface area contributed by atoms with Crippen molar-refractivity contribution >= 4 is 34.9 Å². The summed E-state index contributed by atoms with van der Waals surface area (Å²) in [6, 6.07) is 33.5. The molecule has 0 unspecified atom stereocenters. The lowest BCUT2D eigenvalue weighted by molar-refractivity contribution is 1.69. The number of fused-ring (bicyclic) bond motifs is 4. The summed E-state index contributed by atoms with van der Waals surface area (Å²) >= 11 is 0. The van der Waals surface area contributed by atoms with Crippen molar-refractivity contribution < 1.29 is 0 Å². The molecular weight excluding hydrogens is 323 g/mol. The van der Waals surface area contributed by atoms with Gasteiger partial charge in [-0.25, -0.2) is 0 Å². The summed E-state index contributed by atoms with van der Waals surface area (Å²) in [5, 5.41) is 5.33. The van der Waals surface area contributed by atoms with Gasteiger partial charge in [-0.1, -0.05) is 90.4 Å². The van der Waals surface area contributed by atoms with Crippen LogP contribution in [0, 0.1) is 0 Å². The normalized spacial score (nSPS) is 11.9. The highest BCUT2D eigenvalue weighted by Crippen LogP contribution is 2.49. The molecule has 0 saturated heterocycles. The smallest absolute Gasteiger partial charge is 0.0883 e. The minimum absolute atomic E-state index is 1.28. The van der Waals surface area contributed by atoms with Crippen LogP contribution in [0.15, 0.2) is 91.0 Å². The monoisotopic (exact) mass is 340 g/mol. The standard InChI is InChI=1S/C26H17B/c27-19-11-10-16-14-18(9-8-17(16)15-19)20-12-13-25-22-5-2-1-4-21(22)24-7-3-6-23(20)26(24)25/h1-15H,27H2. The van der Waals surface area contributed by atoms with Crippen LogP contribution in [0.2, 0.25) is 0 Å². The highest BCUT2D eigenvalue weighted by Gasteiger charge is 2.21. The Kier molecular flexibility index (Phi) is 2.93. The van der Waals surface area contributed by atoms with E-state index in [0.29, 0.717) is 0 Å². The molecule has 27 heavy (non-hydrogen) atoms. The summed E-state index contributed by atoms with van der Waals surface area (Å²) in [7, 11) is 2.15. The van der Waals surface area contributed by atoms with Gasteiger partial charge in [-0.2, -0.15) is 0 Å². The van der Waals surface area contributed by atoms with Gasteiger partial charge < -0.3 is 0 Å². The molecule has 0 heterocycles. The van der Waals surface area contributed by atoms with E-state index < -0.39 is 0 Å². The predicted octanol–water partition coefficient (Wildman–Crippen LogP) is 5.57. The van der Waals surface area contributed by atoms with Gasteiger partial charge in [0.15, 0.2) is 0 Å². The largest absolute Gasteiger partial charge is 0.139 e. The molecule has 1 aliphatic rings. The Balaban J connectivity index is 1.65. The summed E-state index contributed by atoms with van der Waals surface area (Å²) in [6.45, 7) is 0. The molecule has 0 N–H and O–H groups in total. The van der Waals surface area contributed by atoms with E-state index in [1.807, 2.05) is 0 Å². The third-order valence-electron chi connectivity index (χ3n) is 5.85. The quantitative estimate of drug-likeness (QED) is 0.344. The third kappa shape index (κ3) is 2.06. The zero-order chi connectivity index (χ0) is 18.0. The zero-order valence-electron chi connectivity index (χ0n) is 15.2.